The molecule has 102 valence electrons. The molecule has 1 unspecified atom stereocenters. The van der Waals surface area contributed by atoms with Crippen LogP contribution in [0, 0.1) is 4.84 Å². The highest BCUT2D eigenvalue weighted by Crippen LogP contribution is 2.37. The zero-order chi connectivity index (χ0) is 13.2. The van der Waals surface area contributed by atoms with Crippen LogP contribution in [0.2, 0.25) is 0 Å². The fourth-order valence-electron chi connectivity index (χ4n) is 2.01. The van der Waals surface area contributed by atoms with Crippen LogP contribution in [0.5, 0.6) is 0 Å². The molecule has 1 saturated heterocycles. The van der Waals surface area contributed by atoms with Gasteiger partial charge in [-0.1, -0.05) is 0 Å². The normalized spacial score (nSPS) is 19.1. The number of H-pyrrole nitrogens is 1. The molecule has 1 aliphatic rings. The van der Waals surface area contributed by atoms with Gasteiger partial charge in [-0.05, 0) is 25.1 Å². The van der Waals surface area contributed by atoms with E-state index >= 15 is 0 Å². The first kappa shape index (κ1) is 12.9. The Labute approximate surface area is 118 Å². The topological polar surface area (TPSA) is 73.2 Å². The zero-order valence-corrected chi connectivity index (χ0v) is 12.0. The second-order valence-electron chi connectivity index (χ2n) is 4.18. The molecule has 8 heteroatoms. The van der Waals surface area contributed by atoms with Crippen LogP contribution in [0.25, 0.3) is 10.8 Å². The molecule has 2 aromatic rings. The third-order valence-electron chi connectivity index (χ3n) is 2.83. The molecule has 1 atom stereocenters. The van der Waals surface area contributed by atoms with Gasteiger partial charge in [0.25, 0.3) is 10.7 Å². The summed E-state index contributed by atoms with van der Waals surface area (Å²) in [5.41, 5.74) is 0.809. The summed E-state index contributed by atoms with van der Waals surface area (Å²) in [6.45, 7) is 1.20. The van der Waals surface area contributed by atoms with E-state index in [1.54, 1.807) is 7.11 Å². The van der Waals surface area contributed by atoms with Crippen LogP contribution in [0.15, 0.2) is 4.42 Å². The average Bonchev–Trinajstić information content (AvgIpc) is 3.08. The molecule has 0 bridgehead atoms. The maximum absolute atomic E-state index is 5.65. The number of hydrogen-bond donors (Lipinski definition) is 1. The summed E-state index contributed by atoms with van der Waals surface area (Å²) in [6.07, 6.45) is 2.15. The highest BCUT2D eigenvalue weighted by Gasteiger charge is 2.25. The summed E-state index contributed by atoms with van der Waals surface area (Å²) in [5, 5.41) is 7.62. The standard InChI is InChI=1S/C11H13N3O3S2/c1-15-5-6-8(9-13-14-11(18)17-9)19-10(12-6)7-3-2-4-16-7/h7H,2-5H2,1H3,(H,14,18). The summed E-state index contributed by atoms with van der Waals surface area (Å²) < 4.78 is 16.2. The molecule has 3 rings (SSSR count). The summed E-state index contributed by atoms with van der Waals surface area (Å²) >= 11 is 6.42. The van der Waals surface area contributed by atoms with E-state index in [9.17, 15) is 0 Å². The van der Waals surface area contributed by atoms with E-state index in [2.05, 4.69) is 15.2 Å². The van der Waals surface area contributed by atoms with Crippen LogP contribution in [0.3, 0.4) is 0 Å². The summed E-state index contributed by atoms with van der Waals surface area (Å²) in [4.78, 5) is 5.69. The maximum atomic E-state index is 5.65. The van der Waals surface area contributed by atoms with Crippen molar-refractivity contribution in [3.05, 3.63) is 15.5 Å². The number of ether oxygens (including phenoxy) is 2. The lowest BCUT2D eigenvalue weighted by Crippen LogP contribution is -1.96. The summed E-state index contributed by atoms with van der Waals surface area (Å²) in [7, 11) is 1.63. The molecule has 0 aromatic carbocycles. The Kier molecular flexibility index (Phi) is 3.74. The first-order chi connectivity index (χ1) is 9.28. The third kappa shape index (κ3) is 2.62. The highest BCUT2D eigenvalue weighted by atomic mass is 32.1. The van der Waals surface area contributed by atoms with Crippen molar-refractivity contribution in [3.8, 4) is 10.8 Å². The van der Waals surface area contributed by atoms with Gasteiger partial charge in [-0.2, -0.15) is 0 Å². The lowest BCUT2D eigenvalue weighted by molar-refractivity contribution is 0.111. The molecule has 3 heterocycles. The van der Waals surface area contributed by atoms with Crippen molar-refractivity contribution in [2.75, 3.05) is 13.7 Å². The Morgan fingerprint density at radius 3 is 3.11 bits per heavy atom. The average molecular weight is 299 g/mol. The first-order valence-corrected chi connectivity index (χ1v) is 7.16. The van der Waals surface area contributed by atoms with Gasteiger partial charge < -0.3 is 13.9 Å². The van der Waals surface area contributed by atoms with Gasteiger partial charge in [0.1, 0.15) is 16.0 Å². The fourth-order valence-corrected chi connectivity index (χ4v) is 3.21. The molecule has 0 amide bonds. The molecule has 0 spiro atoms. The van der Waals surface area contributed by atoms with Crippen LogP contribution >= 0.6 is 23.6 Å². The van der Waals surface area contributed by atoms with E-state index < -0.39 is 0 Å². The van der Waals surface area contributed by atoms with Crippen LogP contribution < -0.4 is 0 Å². The molecule has 1 fully saturated rings. The Hall–Kier alpha value is -1.09. The van der Waals surface area contributed by atoms with Crippen LogP contribution in [-0.2, 0) is 16.1 Å². The van der Waals surface area contributed by atoms with E-state index in [1.807, 2.05) is 0 Å². The highest BCUT2D eigenvalue weighted by molar-refractivity contribution is 7.71. The molecule has 2 aromatic heterocycles. The quantitative estimate of drug-likeness (QED) is 0.875. The number of thiazole rings is 1. The largest absolute Gasteiger partial charge is 0.408 e. The minimum Gasteiger partial charge on any atom is -0.408 e. The van der Waals surface area contributed by atoms with Gasteiger partial charge in [0.2, 0.25) is 0 Å². The SMILES string of the molecule is COCc1nc(C2CCCO2)sc1-c1n[nH]c(=S)o1. The second-order valence-corrected chi connectivity index (χ2v) is 5.58. The second kappa shape index (κ2) is 5.49. The van der Waals surface area contributed by atoms with Gasteiger partial charge in [-0.25, -0.2) is 10.1 Å². The van der Waals surface area contributed by atoms with Crippen molar-refractivity contribution < 1.29 is 13.9 Å². The number of nitrogens with one attached hydrogen (secondary N) is 1. The van der Waals surface area contributed by atoms with E-state index in [4.69, 9.17) is 26.1 Å². The van der Waals surface area contributed by atoms with Crippen molar-refractivity contribution >= 4 is 23.6 Å². The van der Waals surface area contributed by atoms with Gasteiger partial charge in [0.15, 0.2) is 0 Å². The Balaban J connectivity index is 1.98. The Bertz CT molecular complexity index is 613. The lowest BCUT2D eigenvalue weighted by Gasteiger charge is -2.03. The third-order valence-corrected chi connectivity index (χ3v) is 4.18. The molecule has 1 aliphatic heterocycles. The van der Waals surface area contributed by atoms with Crippen molar-refractivity contribution in [2.45, 2.75) is 25.6 Å². The predicted octanol–water partition coefficient (Wildman–Crippen LogP) is 2.85. The number of rotatable bonds is 4. The number of methoxy groups -OCH3 is 1. The van der Waals surface area contributed by atoms with Gasteiger partial charge >= 0.3 is 0 Å². The Morgan fingerprint density at radius 1 is 1.58 bits per heavy atom. The molecule has 0 radical (unpaired) electrons. The number of aromatic nitrogens is 3. The minimum absolute atomic E-state index is 0.0799. The Morgan fingerprint density at radius 2 is 2.47 bits per heavy atom. The van der Waals surface area contributed by atoms with Crippen molar-refractivity contribution in [1.82, 2.24) is 15.2 Å². The van der Waals surface area contributed by atoms with Crippen molar-refractivity contribution in [2.24, 2.45) is 0 Å². The van der Waals surface area contributed by atoms with Gasteiger partial charge in [0, 0.05) is 13.7 Å². The summed E-state index contributed by atoms with van der Waals surface area (Å²) in [6, 6.07) is 0. The van der Waals surface area contributed by atoms with Gasteiger partial charge in [-0.15, -0.1) is 16.4 Å². The maximum Gasteiger partial charge on any atom is 0.284 e. The molecule has 0 saturated carbocycles. The summed E-state index contributed by atoms with van der Waals surface area (Å²) in [5.74, 6) is 0.457. The molecule has 19 heavy (non-hydrogen) atoms. The zero-order valence-electron chi connectivity index (χ0n) is 10.3. The number of hydrogen-bond acceptors (Lipinski definition) is 7. The van der Waals surface area contributed by atoms with E-state index in [1.165, 1.54) is 11.3 Å². The monoisotopic (exact) mass is 299 g/mol. The van der Waals surface area contributed by atoms with E-state index in [0.29, 0.717) is 12.5 Å². The fraction of sp³-hybridized carbons (Fsp3) is 0.545. The van der Waals surface area contributed by atoms with Crippen LogP contribution in [0.1, 0.15) is 29.6 Å². The van der Waals surface area contributed by atoms with Gasteiger partial charge in [0.05, 0.1) is 12.3 Å². The predicted molar refractivity (Wildman–Crippen MR) is 71.4 cm³/mol. The van der Waals surface area contributed by atoms with Gasteiger partial charge in [-0.3, -0.25) is 0 Å². The lowest BCUT2D eigenvalue weighted by atomic mass is 10.2. The molecule has 1 N–H and O–H groups in total. The molecule has 6 nitrogen and oxygen atoms in total. The van der Waals surface area contributed by atoms with Crippen LogP contribution in [0.4, 0.5) is 0 Å². The van der Waals surface area contributed by atoms with Crippen LogP contribution in [-0.4, -0.2) is 28.9 Å². The minimum atomic E-state index is 0.0799. The molecular formula is C11H13N3O3S2. The van der Waals surface area contributed by atoms with Crippen molar-refractivity contribution in [3.63, 3.8) is 0 Å². The smallest absolute Gasteiger partial charge is 0.284 e. The van der Waals surface area contributed by atoms with E-state index in [0.717, 1.165) is 35.0 Å². The molecule has 0 aliphatic carbocycles. The number of aromatic amines is 1. The number of nitrogens with zero attached hydrogens (tertiary/aromatic N) is 2. The first-order valence-electron chi connectivity index (χ1n) is 5.94. The molecular weight excluding hydrogens is 286 g/mol. The van der Waals surface area contributed by atoms with E-state index in [-0.39, 0.29) is 10.9 Å². The van der Waals surface area contributed by atoms with Crippen molar-refractivity contribution in [1.29, 1.82) is 0 Å².